The van der Waals surface area contributed by atoms with Crippen LogP contribution >= 0.6 is 0 Å². The summed E-state index contributed by atoms with van der Waals surface area (Å²) < 4.78 is 10.6. The van der Waals surface area contributed by atoms with Crippen LogP contribution in [0.15, 0.2) is 18.2 Å². The smallest absolute Gasteiger partial charge is 0.161 e. The van der Waals surface area contributed by atoms with Gasteiger partial charge in [-0.05, 0) is 25.1 Å². The number of quaternary nitrogens is 2. The number of rotatable bonds is 7. The van der Waals surface area contributed by atoms with Gasteiger partial charge in [-0.3, -0.25) is 0 Å². The third-order valence-corrected chi connectivity index (χ3v) is 5.66. The fourth-order valence-electron chi connectivity index (χ4n) is 3.76. The maximum absolute atomic E-state index is 11.0. The van der Waals surface area contributed by atoms with E-state index in [1.54, 1.807) is 14.2 Å². The van der Waals surface area contributed by atoms with E-state index in [9.17, 15) is 5.11 Å². The molecule has 136 valence electrons. The number of nitrogens with one attached hydrogen (secondary N) is 1. The molecule has 0 saturated carbocycles. The third-order valence-electron chi connectivity index (χ3n) is 5.66. The minimum Gasteiger partial charge on any atom is -0.493 e. The second kappa shape index (κ2) is 8.19. The third kappa shape index (κ3) is 4.41. The molecule has 5 heteroatoms. The van der Waals surface area contributed by atoms with E-state index in [0.717, 1.165) is 44.0 Å². The van der Waals surface area contributed by atoms with Gasteiger partial charge in [-0.2, -0.15) is 0 Å². The highest BCUT2D eigenvalue weighted by Crippen LogP contribution is 2.28. The highest BCUT2D eigenvalue weighted by atomic mass is 16.5. The topological polar surface area (TPSA) is 59.7 Å². The molecule has 4 N–H and O–H groups in total. The molecule has 1 heterocycles. The zero-order chi connectivity index (χ0) is 17.7. The first kappa shape index (κ1) is 19.0. The van der Waals surface area contributed by atoms with Crippen molar-refractivity contribution < 1.29 is 24.8 Å². The van der Waals surface area contributed by atoms with Gasteiger partial charge in [-0.1, -0.05) is 6.92 Å². The van der Waals surface area contributed by atoms with Crippen LogP contribution in [-0.2, 0) is 6.54 Å². The minimum atomic E-state index is -0.521. The first-order valence-corrected chi connectivity index (χ1v) is 8.97. The zero-order valence-corrected chi connectivity index (χ0v) is 15.8. The summed E-state index contributed by atoms with van der Waals surface area (Å²) in [6.07, 6.45) is 1.74. The first-order valence-electron chi connectivity index (χ1n) is 8.97. The highest BCUT2D eigenvalue weighted by molar-refractivity contribution is 5.42. The lowest BCUT2D eigenvalue weighted by Crippen LogP contribution is -3.15. The molecule has 4 atom stereocenters. The molecule has 0 aliphatic carbocycles. The fourth-order valence-corrected chi connectivity index (χ4v) is 3.76. The number of hydrogen-bond donors (Lipinski definition) is 3. The van der Waals surface area contributed by atoms with Crippen LogP contribution in [0.25, 0.3) is 0 Å². The SMILES string of the molecule is COc1ccc(C[NH2+]CC[C@@]2(O)C[C@@H](C)[NH+](C)C[C@H]2C)cc1OC. The van der Waals surface area contributed by atoms with Crippen LogP contribution in [0, 0.1) is 5.92 Å². The van der Waals surface area contributed by atoms with Gasteiger partial charge in [-0.15, -0.1) is 0 Å². The molecular weight excluding hydrogens is 304 g/mol. The van der Waals surface area contributed by atoms with E-state index < -0.39 is 5.60 Å². The predicted octanol–water partition coefficient (Wildman–Crippen LogP) is -0.169. The van der Waals surface area contributed by atoms with Gasteiger partial charge in [0.05, 0.1) is 46.0 Å². The van der Waals surface area contributed by atoms with E-state index in [1.807, 2.05) is 12.1 Å². The van der Waals surface area contributed by atoms with Crippen molar-refractivity contribution in [3.05, 3.63) is 23.8 Å². The van der Waals surface area contributed by atoms with Gasteiger partial charge in [0, 0.05) is 24.3 Å². The van der Waals surface area contributed by atoms with Gasteiger partial charge >= 0.3 is 0 Å². The summed E-state index contributed by atoms with van der Waals surface area (Å²) in [7, 11) is 5.53. The molecule has 0 radical (unpaired) electrons. The largest absolute Gasteiger partial charge is 0.493 e. The Hall–Kier alpha value is -1.30. The monoisotopic (exact) mass is 338 g/mol. The molecule has 0 amide bonds. The Balaban J connectivity index is 1.84. The quantitative estimate of drug-likeness (QED) is 0.605. The average molecular weight is 338 g/mol. The molecule has 1 aromatic rings. The van der Waals surface area contributed by atoms with Gasteiger partial charge in [0.2, 0.25) is 0 Å². The molecule has 2 rings (SSSR count). The van der Waals surface area contributed by atoms with E-state index in [4.69, 9.17) is 9.47 Å². The van der Waals surface area contributed by atoms with Crippen molar-refractivity contribution in [2.75, 3.05) is 34.4 Å². The van der Waals surface area contributed by atoms with Crippen molar-refractivity contribution in [1.29, 1.82) is 0 Å². The van der Waals surface area contributed by atoms with Crippen molar-refractivity contribution >= 4 is 0 Å². The lowest BCUT2D eigenvalue weighted by Gasteiger charge is -2.43. The van der Waals surface area contributed by atoms with Crippen LogP contribution in [0.1, 0.15) is 32.3 Å². The van der Waals surface area contributed by atoms with Crippen LogP contribution in [0.2, 0.25) is 0 Å². The predicted molar refractivity (Wildman–Crippen MR) is 94.6 cm³/mol. The van der Waals surface area contributed by atoms with Gasteiger partial charge < -0.3 is 24.8 Å². The summed E-state index contributed by atoms with van der Waals surface area (Å²) in [6.45, 7) is 7.28. The summed E-state index contributed by atoms with van der Waals surface area (Å²) in [6, 6.07) is 6.56. The van der Waals surface area contributed by atoms with Crippen LogP contribution in [-0.4, -0.2) is 51.1 Å². The minimum absolute atomic E-state index is 0.350. The number of piperidine rings is 1. The lowest BCUT2D eigenvalue weighted by atomic mass is 9.77. The summed E-state index contributed by atoms with van der Waals surface area (Å²) in [4.78, 5) is 1.53. The van der Waals surface area contributed by atoms with E-state index in [0.29, 0.717) is 12.0 Å². The van der Waals surface area contributed by atoms with Gasteiger partial charge in [0.15, 0.2) is 11.5 Å². The molecule has 0 bridgehead atoms. The molecule has 0 aromatic heterocycles. The normalized spacial score (nSPS) is 30.2. The fraction of sp³-hybridized carbons (Fsp3) is 0.684. The molecule has 1 fully saturated rings. The Bertz CT molecular complexity index is 537. The summed E-state index contributed by atoms with van der Waals surface area (Å²) in [5, 5.41) is 13.3. The molecule has 5 nitrogen and oxygen atoms in total. The number of ether oxygens (including phenoxy) is 2. The molecular formula is C19H34N2O3+2. The number of benzene rings is 1. The van der Waals surface area contributed by atoms with E-state index in [1.165, 1.54) is 10.5 Å². The van der Waals surface area contributed by atoms with Crippen molar-refractivity contribution in [3.8, 4) is 11.5 Å². The summed E-state index contributed by atoms with van der Waals surface area (Å²) in [5.74, 6) is 1.87. The molecule has 0 spiro atoms. The van der Waals surface area contributed by atoms with Crippen LogP contribution in [0.5, 0.6) is 11.5 Å². The van der Waals surface area contributed by atoms with Gasteiger partial charge in [0.25, 0.3) is 0 Å². The highest BCUT2D eigenvalue weighted by Gasteiger charge is 2.43. The Morgan fingerprint density at radius 3 is 2.62 bits per heavy atom. The zero-order valence-electron chi connectivity index (χ0n) is 15.8. The number of nitrogens with two attached hydrogens (primary N) is 1. The standard InChI is InChI=1S/C19H32N2O3/c1-14-13-21(3)15(2)11-19(14,22)8-9-20-12-16-6-7-17(23-4)18(10-16)24-5/h6-7,10,14-15,20,22H,8-9,11-13H2,1-5H3/p+2/t14-,15-,19-/m1/s1. The van der Waals surface area contributed by atoms with Crippen LogP contribution in [0.3, 0.4) is 0 Å². The number of likely N-dealkylation sites (tertiary alicyclic amines) is 1. The molecule has 1 aliphatic rings. The van der Waals surface area contributed by atoms with E-state index >= 15 is 0 Å². The second-order valence-corrected chi connectivity index (χ2v) is 7.38. The van der Waals surface area contributed by atoms with Crippen molar-refractivity contribution in [2.24, 2.45) is 5.92 Å². The van der Waals surface area contributed by atoms with Crippen molar-refractivity contribution in [2.45, 2.75) is 44.9 Å². The Morgan fingerprint density at radius 2 is 1.96 bits per heavy atom. The number of methoxy groups -OCH3 is 2. The van der Waals surface area contributed by atoms with Crippen LogP contribution < -0.4 is 19.7 Å². The van der Waals surface area contributed by atoms with Crippen molar-refractivity contribution in [1.82, 2.24) is 0 Å². The van der Waals surface area contributed by atoms with Crippen LogP contribution in [0.4, 0.5) is 0 Å². The summed E-state index contributed by atoms with van der Waals surface area (Å²) in [5.41, 5.74) is 0.682. The van der Waals surface area contributed by atoms with E-state index in [-0.39, 0.29) is 0 Å². The number of hydrogen-bond acceptors (Lipinski definition) is 3. The molecule has 1 aromatic carbocycles. The van der Waals surface area contributed by atoms with Gasteiger partial charge in [0.1, 0.15) is 6.54 Å². The Kier molecular flexibility index (Phi) is 6.49. The molecule has 1 unspecified atom stereocenters. The van der Waals surface area contributed by atoms with Gasteiger partial charge in [-0.25, -0.2) is 0 Å². The number of aliphatic hydroxyl groups is 1. The average Bonchev–Trinajstić information content (AvgIpc) is 2.57. The second-order valence-electron chi connectivity index (χ2n) is 7.38. The lowest BCUT2D eigenvalue weighted by molar-refractivity contribution is -0.916. The first-order chi connectivity index (χ1) is 11.4. The Morgan fingerprint density at radius 1 is 1.25 bits per heavy atom. The molecule has 1 saturated heterocycles. The maximum Gasteiger partial charge on any atom is 0.161 e. The molecule has 1 aliphatic heterocycles. The Labute approximate surface area is 146 Å². The van der Waals surface area contributed by atoms with Crippen molar-refractivity contribution in [3.63, 3.8) is 0 Å². The maximum atomic E-state index is 11.0. The summed E-state index contributed by atoms with van der Waals surface area (Å²) >= 11 is 0. The molecule has 24 heavy (non-hydrogen) atoms. The van der Waals surface area contributed by atoms with E-state index in [2.05, 4.69) is 32.3 Å².